The quantitative estimate of drug-likeness (QED) is 0.766. The van der Waals surface area contributed by atoms with Crippen molar-refractivity contribution in [1.82, 2.24) is 10.2 Å². The lowest BCUT2D eigenvalue weighted by Gasteiger charge is -2.40. The summed E-state index contributed by atoms with van der Waals surface area (Å²) in [5, 5.41) is 12.2. The van der Waals surface area contributed by atoms with Gasteiger partial charge in [-0.3, -0.25) is 19.3 Å². The van der Waals surface area contributed by atoms with Gasteiger partial charge in [0, 0.05) is 18.7 Å². The monoisotopic (exact) mass is 427 g/mol. The molecule has 1 aromatic carbocycles. The molecule has 3 rings (SSSR count). The Balaban J connectivity index is 2.03. The van der Waals surface area contributed by atoms with Crippen LogP contribution in [0.5, 0.6) is 0 Å². The van der Waals surface area contributed by atoms with Gasteiger partial charge < -0.3 is 15.3 Å². The molecule has 1 fully saturated rings. The zero-order chi connectivity index (χ0) is 22.2. The van der Waals surface area contributed by atoms with E-state index in [1.54, 1.807) is 7.05 Å². The number of aliphatic carboxylic acids is 1. The number of rotatable bonds is 4. The highest BCUT2D eigenvalue weighted by Gasteiger charge is 2.43. The Morgan fingerprint density at radius 2 is 1.93 bits per heavy atom. The summed E-state index contributed by atoms with van der Waals surface area (Å²) < 4.78 is 39.5. The van der Waals surface area contributed by atoms with E-state index in [2.05, 4.69) is 5.32 Å². The lowest BCUT2D eigenvalue weighted by Crippen LogP contribution is -2.58. The number of likely N-dealkylation sites (N-methyl/N-ethyl adjacent to an activating group) is 1. The average molecular weight is 427 g/mol. The molecule has 2 amide bonds. The van der Waals surface area contributed by atoms with Crippen LogP contribution in [0.1, 0.15) is 30.9 Å². The number of benzene rings is 1. The maximum atomic E-state index is 13.2. The third-order valence-corrected chi connectivity index (χ3v) is 5.72. The lowest BCUT2D eigenvalue weighted by atomic mass is 9.93. The van der Waals surface area contributed by atoms with E-state index in [1.165, 1.54) is 11.0 Å². The molecular formula is C20H24F3N3O4. The maximum absolute atomic E-state index is 13.2. The predicted octanol–water partition coefficient (Wildman–Crippen LogP) is 1.89. The fraction of sp³-hybridized carbons (Fsp3) is 0.550. The topological polar surface area (TPSA) is 89.9 Å². The molecule has 1 aromatic rings. The SMILES string of the molecule is CN[C@H]1CC[C@@H](C)CN([C@H]2Cc3ccc(C(F)(F)F)cc3N(CC(=O)O)C2=O)C1=O. The first-order valence-corrected chi connectivity index (χ1v) is 9.74. The number of nitrogens with zero attached hydrogens (tertiary/aromatic N) is 2. The van der Waals surface area contributed by atoms with Crippen LogP contribution in [0.2, 0.25) is 0 Å². The molecular weight excluding hydrogens is 403 g/mol. The molecule has 2 aliphatic rings. The molecule has 0 unspecified atom stereocenters. The summed E-state index contributed by atoms with van der Waals surface area (Å²) in [5.41, 5.74) is -0.633. The second kappa shape index (κ2) is 8.25. The van der Waals surface area contributed by atoms with Gasteiger partial charge in [0.2, 0.25) is 5.91 Å². The number of carboxylic acid groups (broad SMARTS) is 1. The zero-order valence-corrected chi connectivity index (χ0v) is 16.7. The summed E-state index contributed by atoms with van der Waals surface area (Å²) in [6.45, 7) is 1.51. The van der Waals surface area contributed by atoms with Crippen LogP contribution in [0.4, 0.5) is 18.9 Å². The molecule has 2 aliphatic heterocycles. The molecule has 2 N–H and O–H groups in total. The molecule has 0 bridgehead atoms. The number of anilines is 1. The molecule has 30 heavy (non-hydrogen) atoms. The van der Waals surface area contributed by atoms with Gasteiger partial charge >= 0.3 is 12.1 Å². The molecule has 0 saturated carbocycles. The maximum Gasteiger partial charge on any atom is 0.416 e. The first-order chi connectivity index (χ1) is 14.0. The largest absolute Gasteiger partial charge is 0.480 e. The molecule has 164 valence electrons. The van der Waals surface area contributed by atoms with E-state index in [1.807, 2.05) is 6.92 Å². The molecule has 7 nitrogen and oxygen atoms in total. The first kappa shape index (κ1) is 22.1. The summed E-state index contributed by atoms with van der Waals surface area (Å²) in [5.74, 6) is -2.16. The summed E-state index contributed by atoms with van der Waals surface area (Å²) >= 11 is 0. The lowest BCUT2D eigenvalue weighted by molar-refractivity contribution is -0.142. The van der Waals surface area contributed by atoms with Gasteiger partial charge in [0.15, 0.2) is 0 Å². The van der Waals surface area contributed by atoms with Crippen molar-refractivity contribution in [2.45, 2.75) is 44.4 Å². The number of likely N-dealkylation sites (tertiary alicyclic amines) is 1. The van der Waals surface area contributed by atoms with Crippen molar-refractivity contribution in [2.75, 3.05) is 25.0 Å². The van der Waals surface area contributed by atoms with E-state index in [-0.39, 0.29) is 23.9 Å². The molecule has 1 saturated heterocycles. The van der Waals surface area contributed by atoms with Crippen LogP contribution in [-0.2, 0) is 27.0 Å². The van der Waals surface area contributed by atoms with Gasteiger partial charge in [0.05, 0.1) is 11.6 Å². The highest BCUT2D eigenvalue weighted by Crippen LogP contribution is 2.37. The second-order valence-corrected chi connectivity index (χ2v) is 7.89. The highest BCUT2D eigenvalue weighted by molar-refractivity contribution is 6.05. The number of hydrogen-bond acceptors (Lipinski definition) is 4. The third-order valence-electron chi connectivity index (χ3n) is 5.72. The summed E-state index contributed by atoms with van der Waals surface area (Å²) in [4.78, 5) is 39.9. The van der Waals surface area contributed by atoms with Gasteiger partial charge in [-0.1, -0.05) is 13.0 Å². The molecule has 3 atom stereocenters. The summed E-state index contributed by atoms with van der Waals surface area (Å²) in [6, 6.07) is 1.54. The minimum atomic E-state index is -4.62. The summed E-state index contributed by atoms with van der Waals surface area (Å²) in [7, 11) is 1.66. The van der Waals surface area contributed by atoms with Gasteiger partial charge in [-0.2, -0.15) is 13.2 Å². The number of hydrogen-bond donors (Lipinski definition) is 2. The van der Waals surface area contributed by atoms with Gasteiger partial charge in [0.25, 0.3) is 5.91 Å². The standard InChI is InChI=1S/C20H24F3N3O4/c1-11-3-6-14(24-2)18(29)25(9-11)16-7-12-4-5-13(20(21,22)23)8-15(12)26(19(16)30)10-17(27)28/h4-5,8,11,14,16,24H,3,6-7,9-10H2,1-2H3,(H,27,28)/t11-,14+,16+/m1/s1. The van der Waals surface area contributed by atoms with Crippen molar-refractivity contribution in [1.29, 1.82) is 0 Å². The van der Waals surface area contributed by atoms with E-state index in [4.69, 9.17) is 0 Å². The molecule has 0 aliphatic carbocycles. The number of nitrogens with one attached hydrogen (secondary N) is 1. The number of fused-ring (bicyclic) bond motifs is 1. The fourth-order valence-electron chi connectivity index (χ4n) is 4.14. The van der Waals surface area contributed by atoms with E-state index in [0.29, 0.717) is 18.5 Å². The minimum absolute atomic E-state index is 0.0390. The fourth-order valence-corrected chi connectivity index (χ4v) is 4.14. The third kappa shape index (κ3) is 4.28. The van der Waals surface area contributed by atoms with E-state index < -0.39 is 42.2 Å². The predicted molar refractivity (Wildman–Crippen MR) is 102 cm³/mol. The van der Waals surface area contributed by atoms with Crippen LogP contribution in [0.3, 0.4) is 0 Å². The Morgan fingerprint density at radius 3 is 2.53 bits per heavy atom. The van der Waals surface area contributed by atoms with Crippen molar-refractivity contribution in [3.8, 4) is 0 Å². The summed E-state index contributed by atoms with van der Waals surface area (Å²) in [6.07, 6.45) is -3.20. The first-order valence-electron chi connectivity index (χ1n) is 9.74. The Labute approximate surface area is 171 Å². The number of carbonyl (C=O) groups is 3. The Bertz CT molecular complexity index is 858. The molecule has 0 radical (unpaired) electrons. The number of amides is 2. The van der Waals surface area contributed by atoms with Crippen LogP contribution >= 0.6 is 0 Å². The molecule has 0 aromatic heterocycles. The normalized spacial score (nSPS) is 25.2. The number of carboxylic acids is 1. The smallest absolute Gasteiger partial charge is 0.416 e. The van der Waals surface area contributed by atoms with E-state index in [0.717, 1.165) is 23.5 Å². The van der Waals surface area contributed by atoms with Crippen LogP contribution < -0.4 is 10.2 Å². The molecule has 2 heterocycles. The number of carbonyl (C=O) groups excluding carboxylic acids is 2. The number of alkyl halides is 3. The van der Waals surface area contributed by atoms with Crippen LogP contribution in [0.25, 0.3) is 0 Å². The molecule has 10 heteroatoms. The second-order valence-electron chi connectivity index (χ2n) is 7.89. The Morgan fingerprint density at radius 1 is 1.23 bits per heavy atom. The Kier molecular flexibility index (Phi) is 6.07. The van der Waals surface area contributed by atoms with Crippen LogP contribution in [0, 0.1) is 5.92 Å². The van der Waals surface area contributed by atoms with Crippen LogP contribution in [0.15, 0.2) is 18.2 Å². The Hall–Kier alpha value is -2.62. The zero-order valence-electron chi connectivity index (χ0n) is 16.7. The number of halogens is 3. The van der Waals surface area contributed by atoms with Gasteiger partial charge in [-0.25, -0.2) is 0 Å². The van der Waals surface area contributed by atoms with Crippen molar-refractivity contribution in [2.24, 2.45) is 5.92 Å². The molecule has 0 spiro atoms. The van der Waals surface area contributed by atoms with Crippen molar-refractivity contribution in [3.05, 3.63) is 29.3 Å². The van der Waals surface area contributed by atoms with Crippen molar-refractivity contribution in [3.63, 3.8) is 0 Å². The van der Waals surface area contributed by atoms with E-state index in [9.17, 15) is 32.7 Å². The van der Waals surface area contributed by atoms with Gasteiger partial charge in [-0.05, 0) is 43.5 Å². The van der Waals surface area contributed by atoms with Crippen molar-refractivity contribution < 1.29 is 32.7 Å². The van der Waals surface area contributed by atoms with E-state index >= 15 is 0 Å². The van der Waals surface area contributed by atoms with Gasteiger partial charge in [-0.15, -0.1) is 0 Å². The van der Waals surface area contributed by atoms with Crippen molar-refractivity contribution >= 4 is 23.5 Å². The average Bonchev–Trinajstić information content (AvgIpc) is 2.80. The van der Waals surface area contributed by atoms with Crippen LogP contribution in [-0.4, -0.2) is 60.0 Å². The minimum Gasteiger partial charge on any atom is -0.480 e. The highest BCUT2D eigenvalue weighted by atomic mass is 19.4. The van der Waals surface area contributed by atoms with Gasteiger partial charge in [0.1, 0.15) is 12.6 Å².